The minimum atomic E-state index is -0.316. The summed E-state index contributed by atoms with van der Waals surface area (Å²) in [6.45, 7) is 0.401. The molecule has 0 bridgehead atoms. The van der Waals surface area contributed by atoms with Crippen LogP contribution in [0.4, 0.5) is 0 Å². The molecule has 1 fully saturated rings. The van der Waals surface area contributed by atoms with Gasteiger partial charge in [0.25, 0.3) is 5.91 Å². The van der Waals surface area contributed by atoms with Crippen LogP contribution in [0.3, 0.4) is 0 Å². The largest absolute Gasteiger partial charge is 0.395 e. The lowest BCUT2D eigenvalue weighted by Gasteiger charge is -2.14. The van der Waals surface area contributed by atoms with Crippen molar-refractivity contribution in [1.29, 1.82) is 5.26 Å². The highest BCUT2D eigenvalue weighted by molar-refractivity contribution is 5.97. The van der Waals surface area contributed by atoms with E-state index in [1.807, 2.05) is 6.07 Å². The molecule has 0 radical (unpaired) electrons. The molecular formula is C12H19N3O2. The summed E-state index contributed by atoms with van der Waals surface area (Å²) in [5.74, 6) is -0.316. The van der Waals surface area contributed by atoms with E-state index >= 15 is 0 Å². The van der Waals surface area contributed by atoms with E-state index in [-0.39, 0.29) is 24.1 Å². The normalized spacial score (nSPS) is 16.6. The Morgan fingerprint density at radius 1 is 1.59 bits per heavy atom. The van der Waals surface area contributed by atoms with Crippen LogP contribution in [0, 0.1) is 11.3 Å². The van der Waals surface area contributed by atoms with Crippen LogP contribution in [0.1, 0.15) is 25.7 Å². The second-order valence-corrected chi connectivity index (χ2v) is 4.31. The molecule has 1 amide bonds. The second kappa shape index (κ2) is 6.92. The maximum absolute atomic E-state index is 11.8. The highest BCUT2D eigenvalue weighted by Gasteiger charge is 2.19. The molecule has 0 heterocycles. The molecule has 0 spiro atoms. The van der Waals surface area contributed by atoms with Crippen LogP contribution in [-0.2, 0) is 4.79 Å². The molecule has 2 N–H and O–H groups in total. The van der Waals surface area contributed by atoms with E-state index in [0.29, 0.717) is 6.54 Å². The van der Waals surface area contributed by atoms with Gasteiger partial charge in [0.1, 0.15) is 11.6 Å². The Kier molecular flexibility index (Phi) is 5.50. The van der Waals surface area contributed by atoms with Crippen molar-refractivity contribution in [2.24, 2.45) is 0 Å². The van der Waals surface area contributed by atoms with Crippen LogP contribution >= 0.6 is 0 Å². The van der Waals surface area contributed by atoms with E-state index in [1.54, 1.807) is 11.9 Å². The summed E-state index contributed by atoms with van der Waals surface area (Å²) in [6, 6.07) is 2.10. The molecule has 0 saturated heterocycles. The molecule has 1 aliphatic carbocycles. The molecule has 5 heteroatoms. The van der Waals surface area contributed by atoms with Crippen LogP contribution in [0.5, 0.6) is 0 Å². The van der Waals surface area contributed by atoms with Crippen molar-refractivity contribution < 1.29 is 9.90 Å². The standard InChI is InChI=1S/C12H19N3O2/c1-15(6-7-16)9-10(8-13)12(17)14-11-4-2-3-5-11/h9,11,16H,2-7H2,1H3,(H,14,17)/b10-9-. The molecule has 1 saturated carbocycles. The van der Waals surface area contributed by atoms with Crippen molar-refractivity contribution in [1.82, 2.24) is 10.2 Å². The maximum Gasteiger partial charge on any atom is 0.263 e. The maximum atomic E-state index is 11.8. The van der Waals surface area contributed by atoms with E-state index in [0.717, 1.165) is 25.7 Å². The van der Waals surface area contributed by atoms with E-state index in [4.69, 9.17) is 10.4 Å². The predicted molar refractivity (Wildman–Crippen MR) is 63.8 cm³/mol. The number of nitrogens with zero attached hydrogens (tertiary/aromatic N) is 2. The lowest BCUT2D eigenvalue weighted by atomic mass is 10.2. The van der Waals surface area contributed by atoms with Gasteiger partial charge in [-0.25, -0.2) is 0 Å². The molecule has 94 valence electrons. The van der Waals surface area contributed by atoms with Gasteiger partial charge in [-0.05, 0) is 12.8 Å². The minimum Gasteiger partial charge on any atom is -0.395 e. The lowest BCUT2D eigenvalue weighted by molar-refractivity contribution is -0.117. The number of amides is 1. The summed E-state index contributed by atoms with van der Waals surface area (Å²) in [6.07, 6.45) is 5.75. The summed E-state index contributed by atoms with van der Waals surface area (Å²) >= 11 is 0. The molecule has 0 atom stereocenters. The van der Waals surface area contributed by atoms with Gasteiger partial charge in [-0.2, -0.15) is 5.26 Å². The summed E-state index contributed by atoms with van der Waals surface area (Å²) in [5.41, 5.74) is 0.0906. The Morgan fingerprint density at radius 3 is 2.76 bits per heavy atom. The zero-order chi connectivity index (χ0) is 12.7. The van der Waals surface area contributed by atoms with Crippen molar-refractivity contribution in [3.8, 4) is 6.07 Å². The molecule has 17 heavy (non-hydrogen) atoms. The summed E-state index contributed by atoms with van der Waals surface area (Å²) in [4.78, 5) is 13.4. The molecular weight excluding hydrogens is 218 g/mol. The van der Waals surface area contributed by atoms with Crippen molar-refractivity contribution >= 4 is 5.91 Å². The van der Waals surface area contributed by atoms with Gasteiger partial charge < -0.3 is 15.3 Å². The topological polar surface area (TPSA) is 76.4 Å². The molecule has 5 nitrogen and oxygen atoms in total. The fourth-order valence-corrected chi connectivity index (χ4v) is 1.91. The Balaban J connectivity index is 2.54. The number of carbonyl (C=O) groups excluding carboxylic acids is 1. The number of rotatable bonds is 5. The molecule has 1 aliphatic rings. The summed E-state index contributed by atoms with van der Waals surface area (Å²) in [5, 5.41) is 20.5. The van der Waals surface area contributed by atoms with E-state index in [9.17, 15) is 4.79 Å². The third kappa shape index (κ3) is 4.45. The zero-order valence-corrected chi connectivity index (χ0v) is 10.1. The van der Waals surface area contributed by atoms with Crippen LogP contribution in [-0.4, -0.2) is 42.2 Å². The molecule has 0 aromatic rings. The van der Waals surface area contributed by atoms with Crippen molar-refractivity contribution in [2.75, 3.05) is 20.2 Å². The van der Waals surface area contributed by atoms with Gasteiger partial charge >= 0.3 is 0 Å². The SMILES string of the molecule is CN(/C=C(/C#N)C(=O)NC1CCCC1)CCO. The average Bonchev–Trinajstić information content (AvgIpc) is 2.78. The Bertz CT molecular complexity index is 327. The zero-order valence-electron chi connectivity index (χ0n) is 10.1. The highest BCUT2D eigenvalue weighted by atomic mass is 16.3. The molecule has 0 aliphatic heterocycles. The first-order chi connectivity index (χ1) is 8.17. The fourth-order valence-electron chi connectivity index (χ4n) is 1.91. The third-order valence-electron chi connectivity index (χ3n) is 2.86. The van der Waals surface area contributed by atoms with Gasteiger partial charge in [-0.3, -0.25) is 4.79 Å². The molecule has 0 aromatic carbocycles. The number of carbonyl (C=O) groups is 1. The van der Waals surface area contributed by atoms with E-state index in [2.05, 4.69) is 5.32 Å². The van der Waals surface area contributed by atoms with Gasteiger partial charge in [0.05, 0.1) is 6.61 Å². The number of aliphatic hydroxyl groups is 1. The molecule has 1 rings (SSSR count). The van der Waals surface area contributed by atoms with Gasteiger partial charge in [0, 0.05) is 25.8 Å². The van der Waals surface area contributed by atoms with Crippen molar-refractivity contribution in [3.63, 3.8) is 0 Å². The second-order valence-electron chi connectivity index (χ2n) is 4.31. The monoisotopic (exact) mass is 237 g/mol. The first-order valence-electron chi connectivity index (χ1n) is 5.91. The van der Waals surface area contributed by atoms with Crippen LogP contribution in [0.2, 0.25) is 0 Å². The van der Waals surface area contributed by atoms with Gasteiger partial charge in [-0.1, -0.05) is 12.8 Å². The first-order valence-corrected chi connectivity index (χ1v) is 5.91. The van der Waals surface area contributed by atoms with Crippen LogP contribution in [0.15, 0.2) is 11.8 Å². The summed E-state index contributed by atoms with van der Waals surface area (Å²) < 4.78 is 0. The average molecular weight is 237 g/mol. The van der Waals surface area contributed by atoms with Crippen molar-refractivity contribution in [2.45, 2.75) is 31.7 Å². The van der Waals surface area contributed by atoms with Crippen LogP contribution in [0.25, 0.3) is 0 Å². The number of likely N-dealkylation sites (N-methyl/N-ethyl adjacent to an activating group) is 1. The molecule has 0 unspecified atom stereocenters. The van der Waals surface area contributed by atoms with Gasteiger partial charge in [0.2, 0.25) is 0 Å². The van der Waals surface area contributed by atoms with E-state index < -0.39 is 0 Å². The quantitative estimate of drug-likeness (QED) is 0.535. The predicted octanol–water partition coefficient (Wildman–Crippen LogP) is 0.377. The Hall–Kier alpha value is -1.54. The number of nitrogens with one attached hydrogen (secondary N) is 1. The smallest absolute Gasteiger partial charge is 0.263 e. The number of hydrogen-bond donors (Lipinski definition) is 2. The Morgan fingerprint density at radius 2 is 2.24 bits per heavy atom. The fraction of sp³-hybridized carbons (Fsp3) is 0.667. The van der Waals surface area contributed by atoms with E-state index in [1.165, 1.54) is 6.20 Å². The van der Waals surface area contributed by atoms with Gasteiger partial charge in [0.15, 0.2) is 0 Å². The number of hydrogen-bond acceptors (Lipinski definition) is 4. The minimum absolute atomic E-state index is 0.00402. The first kappa shape index (κ1) is 13.5. The van der Waals surface area contributed by atoms with Crippen molar-refractivity contribution in [3.05, 3.63) is 11.8 Å². The third-order valence-corrected chi connectivity index (χ3v) is 2.86. The lowest BCUT2D eigenvalue weighted by Crippen LogP contribution is -2.34. The van der Waals surface area contributed by atoms with Gasteiger partial charge in [-0.15, -0.1) is 0 Å². The Labute approximate surface area is 102 Å². The number of nitriles is 1. The highest BCUT2D eigenvalue weighted by Crippen LogP contribution is 2.17. The molecule has 0 aromatic heterocycles. The van der Waals surface area contributed by atoms with Crippen LogP contribution < -0.4 is 5.32 Å². The summed E-state index contributed by atoms with van der Waals surface area (Å²) in [7, 11) is 1.72. The number of aliphatic hydroxyl groups excluding tert-OH is 1.